The highest BCUT2D eigenvalue weighted by Gasteiger charge is 1.71. The van der Waals surface area contributed by atoms with Crippen molar-refractivity contribution in [2.24, 2.45) is 5.73 Å². The molecule has 0 aliphatic rings. The summed E-state index contributed by atoms with van der Waals surface area (Å²) in [7, 11) is 1.86. The molecule has 0 bridgehead atoms. The molecule has 9 heavy (non-hydrogen) atoms. The van der Waals surface area contributed by atoms with Crippen molar-refractivity contribution < 1.29 is 0 Å². The van der Waals surface area contributed by atoms with Crippen LogP contribution in [0.1, 0.15) is 13.8 Å². The summed E-state index contributed by atoms with van der Waals surface area (Å²) >= 11 is 0. The Morgan fingerprint density at radius 1 is 1.44 bits per heavy atom. The lowest BCUT2D eigenvalue weighted by atomic mass is 10.7. The van der Waals surface area contributed by atoms with Crippen molar-refractivity contribution in [3.05, 3.63) is 25.2 Å². The predicted molar refractivity (Wildman–Crippen MR) is 42.6 cm³/mol. The molecule has 0 spiro atoms. The zero-order valence-corrected chi connectivity index (χ0v) is 6.46. The molecule has 0 saturated heterocycles. The largest absolute Gasteiger partial charge is 0.403 e. The highest BCUT2D eigenvalue weighted by atomic mass is 15.0. The summed E-state index contributed by atoms with van der Waals surface area (Å²) in [6, 6.07) is 0. The fourth-order valence-electron chi connectivity index (χ4n) is 0.197. The molecular weight excluding hydrogens is 112 g/mol. The van der Waals surface area contributed by atoms with Gasteiger partial charge in [0.2, 0.25) is 0 Å². The van der Waals surface area contributed by atoms with Crippen LogP contribution in [0.3, 0.4) is 0 Å². The Morgan fingerprint density at radius 2 is 1.89 bits per heavy atom. The Kier molecular flexibility index (Phi) is 12.3. The quantitative estimate of drug-likeness (QED) is 0.611. The summed E-state index contributed by atoms with van der Waals surface area (Å²) < 4.78 is 0. The van der Waals surface area contributed by atoms with Crippen molar-refractivity contribution in [1.29, 1.82) is 0 Å². The van der Waals surface area contributed by atoms with Gasteiger partial charge < -0.3 is 10.6 Å². The average Bonchev–Trinajstić information content (AvgIpc) is 1.93. The normalized spacial score (nSPS) is 7.89. The maximum atomic E-state index is 5.04. The summed E-state index contributed by atoms with van der Waals surface area (Å²) in [6.45, 7) is 7.50. The second-order valence-electron chi connectivity index (χ2n) is 1.19. The summed E-state index contributed by atoms with van der Waals surface area (Å²) in [5.74, 6) is 0. The Balaban J connectivity index is 0. The van der Waals surface area contributed by atoms with Crippen LogP contribution in [0, 0.1) is 0 Å². The van der Waals surface area contributed by atoms with Crippen LogP contribution in [0.2, 0.25) is 0 Å². The smallest absolute Gasteiger partial charge is 0.0186 e. The molecule has 2 heteroatoms. The zero-order chi connectivity index (χ0) is 7.70. The first-order valence-corrected chi connectivity index (χ1v) is 3.04. The lowest BCUT2D eigenvalue weighted by molar-refractivity contribution is 0.626. The van der Waals surface area contributed by atoms with E-state index in [1.807, 2.05) is 20.9 Å². The first kappa shape index (κ1) is 11.0. The summed E-state index contributed by atoms with van der Waals surface area (Å²) in [5, 5.41) is 0. The van der Waals surface area contributed by atoms with Gasteiger partial charge in [-0.15, -0.1) is 0 Å². The monoisotopic (exact) mass is 128 g/mol. The van der Waals surface area contributed by atoms with Gasteiger partial charge in [-0.3, -0.25) is 0 Å². The number of nitrogens with zero attached hydrogens (tertiary/aromatic N) is 1. The maximum absolute atomic E-state index is 5.04. The lowest BCUT2D eigenvalue weighted by Crippen LogP contribution is -1.99. The second-order valence-corrected chi connectivity index (χ2v) is 1.19. The van der Waals surface area contributed by atoms with E-state index in [0.29, 0.717) is 0 Å². The number of hydrogen-bond donors (Lipinski definition) is 1. The van der Waals surface area contributed by atoms with Crippen LogP contribution in [0.25, 0.3) is 0 Å². The lowest BCUT2D eigenvalue weighted by Gasteiger charge is -2.01. The minimum atomic E-state index is 1.46. The van der Waals surface area contributed by atoms with Crippen molar-refractivity contribution >= 4 is 0 Å². The topological polar surface area (TPSA) is 29.3 Å². The zero-order valence-electron chi connectivity index (χ0n) is 6.46. The fourth-order valence-corrected chi connectivity index (χ4v) is 0.197. The molecule has 2 nitrogen and oxygen atoms in total. The van der Waals surface area contributed by atoms with Gasteiger partial charge >= 0.3 is 0 Å². The second kappa shape index (κ2) is 10.1. The van der Waals surface area contributed by atoms with Crippen LogP contribution in [0.4, 0.5) is 0 Å². The van der Waals surface area contributed by atoms with Gasteiger partial charge in [-0.2, -0.15) is 0 Å². The van der Waals surface area contributed by atoms with Crippen molar-refractivity contribution in [1.82, 2.24) is 4.90 Å². The Labute approximate surface area is 57.7 Å². The molecule has 0 amide bonds. The van der Waals surface area contributed by atoms with Crippen LogP contribution in [-0.4, -0.2) is 11.9 Å². The Morgan fingerprint density at radius 3 is 2.00 bits per heavy atom. The molecular formula is C7H16N2. The van der Waals surface area contributed by atoms with Crippen LogP contribution < -0.4 is 5.73 Å². The van der Waals surface area contributed by atoms with Gasteiger partial charge in [0.15, 0.2) is 0 Å². The van der Waals surface area contributed by atoms with Gasteiger partial charge in [-0.25, -0.2) is 0 Å². The molecule has 0 aliphatic heterocycles. The molecule has 0 radical (unpaired) electrons. The molecule has 0 saturated carbocycles. The third-order valence-corrected chi connectivity index (χ3v) is 0.609. The standard InChI is InChI=1S/C5H10N2.C2H6/c1-3-7(2)5-4-6;1-2/h3-5H,1,6H2,2H3;1-2H3/b5-4-;. The van der Waals surface area contributed by atoms with Crippen molar-refractivity contribution in [3.63, 3.8) is 0 Å². The van der Waals surface area contributed by atoms with Gasteiger partial charge in [-0.05, 0) is 6.20 Å². The molecule has 0 unspecified atom stereocenters. The SMILES string of the molecule is C=CN(C)/C=C\N.CC. The maximum Gasteiger partial charge on any atom is 0.0186 e. The molecule has 0 atom stereocenters. The molecule has 2 N–H and O–H groups in total. The van der Waals surface area contributed by atoms with Gasteiger partial charge in [0.05, 0.1) is 0 Å². The number of hydrogen-bond acceptors (Lipinski definition) is 2. The summed E-state index contributed by atoms with van der Waals surface area (Å²) in [4.78, 5) is 1.76. The molecule has 0 aromatic heterocycles. The minimum Gasteiger partial charge on any atom is -0.403 e. The minimum absolute atomic E-state index is 1.46. The van der Waals surface area contributed by atoms with Crippen molar-refractivity contribution in [2.75, 3.05) is 7.05 Å². The first-order valence-electron chi connectivity index (χ1n) is 3.04. The molecule has 0 rings (SSSR count). The highest BCUT2D eigenvalue weighted by Crippen LogP contribution is 1.77. The molecule has 54 valence electrons. The summed E-state index contributed by atoms with van der Waals surface area (Å²) in [5.41, 5.74) is 5.04. The van der Waals surface area contributed by atoms with Crippen molar-refractivity contribution in [3.8, 4) is 0 Å². The van der Waals surface area contributed by atoms with Gasteiger partial charge in [0, 0.05) is 19.4 Å². The average molecular weight is 128 g/mol. The fraction of sp³-hybridized carbons (Fsp3) is 0.429. The predicted octanol–water partition coefficient (Wildman–Crippen LogP) is 1.52. The first-order chi connectivity index (χ1) is 4.31. The number of rotatable bonds is 2. The van der Waals surface area contributed by atoms with E-state index >= 15 is 0 Å². The van der Waals surface area contributed by atoms with Crippen LogP contribution in [-0.2, 0) is 0 Å². The highest BCUT2D eigenvalue weighted by molar-refractivity contribution is 4.81. The third kappa shape index (κ3) is 11.0. The van der Waals surface area contributed by atoms with Crippen molar-refractivity contribution in [2.45, 2.75) is 13.8 Å². The van der Waals surface area contributed by atoms with Crippen LogP contribution in [0.5, 0.6) is 0 Å². The molecule has 0 aromatic rings. The molecule has 0 heterocycles. The Bertz CT molecular complexity index is 77.0. The van der Waals surface area contributed by atoms with E-state index in [0.717, 1.165) is 0 Å². The van der Waals surface area contributed by atoms with Crippen LogP contribution >= 0.6 is 0 Å². The van der Waals surface area contributed by atoms with E-state index in [4.69, 9.17) is 5.73 Å². The van der Waals surface area contributed by atoms with E-state index < -0.39 is 0 Å². The Hall–Kier alpha value is -0.920. The number of nitrogens with two attached hydrogens (primary N) is 1. The molecule has 0 fully saturated rings. The molecule has 0 aromatic carbocycles. The van der Waals surface area contributed by atoms with Gasteiger partial charge in [0.25, 0.3) is 0 Å². The molecule has 0 aliphatic carbocycles. The van der Waals surface area contributed by atoms with E-state index in [-0.39, 0.29) is 0 Å². The van der Waals surface area contributed by atoms with E-state index in [9.17, 15) is 0 Å². The summed E-state index contributed by atoms with van der Waals surface area (Å²) in [6.07, 6.45) is 4.85. The third-order valence-electron chi connectivity index (χ3n) is 0.609. The van der Waals surface area contributed by atoms with E-state index in [1.54, 1.807) is 17.3 Å². The van der Waals surface area contributed by atoms with Gasteiger partial charge in [0.1, 0.15) is 0 Å². The van der Waals surface area contributed by atoms with Gasteiger partial charge in [-0.1, -0.05) is 20.4 Å². The van der Waals surface area contributed by atoms with E-state index in [2.05, 4.69) is 6.58 Å². The van der Waals surface area contributed by atoms with Crippen LogP contribution in [0.15, 0.2) is 25.2 Å². The van der Waals surface area contributed by atoms with E-state index in [1.165, 1.54) is 6.20 Å².